The number of carbonyl (C=O) groups is 1. The molecule has 0 spiro atoms. The third-order valence-corrected chi connectivity index (χ3v) is 3.74. The van der Waals surface area contributed by atoms with Gasteiger partial charge in [0.1, 0.15) is 4.92 Å². The maximum atomic E-state index is 11.9. The number of nitro groups is 1. The maximum Gasteiger partial charge on any atom is 0.433 e. The summed E-state index contributed by atoms with van der Waals surface area (Å²) in [4.78, 5) is 21.7. The van der Waals surface area contributed by atoms with Gasteiger partial charge < -0.3 is 20.2 Å². The molecule has 2 fully saturated rings. The van der Waals surface area contributed by atoms with Gasteiger partial charge in [-0.3, -0.25) is 14.9 Å². The first kappa shape index (κ1) is 12.1. The molecule has 1 aliphatic carbocycles. The Hall–Kier alpha value is -1.93. The summed E-state index contributed by atoms with van der Waals surface area (Å²) in [6.07, 6.45) is 0.855. The summed E-state index contributed by atoms with van der Waals surface area (Å²) in [6.45, 7) is 0.654. The van der Waals surface area contributed by atoms with E-state index in [1.807, 2.05) is 0 Å². The van der Waals surface area contributed by atoms with Crippen molar-refractivity contribution in [2.75, 3.05) is 6.61 Å². The van der Waals surface area contributed by atoms with Crippen LogP contribution in [-0.2, 0) is 4.74 Å². The fourth-order valence-corrected chi connectivity index (χ4v) is 2.70. The largest absolute Gasteiger partial charge is 0.433 e. The Morgan fingerprint density at radius 2 is 2.32 bits per heavy atom. The highest BCUT2D eigenvalue weighted by Crippen LogP contribution is 2.37. The van der Waals surface area contributed by atoms with Gasteiger partial charge in [-0.1, -0.05) is 0 Å². The van der Waals surface area contributed by atoms with Crippen LogP contribution in [0.1, 0.15) is 17.0 Å². The molecular formula is C11H13N3O5. The number of hydrogen-bond acceptors (Lipinski definition) is 6. The summed E-state index contributed by atoms with van der Waals surface area (Å²) in [5.41, 5.74) is 5.95. The minimum Gasteiger partial charge on any atom is -0.395 e. The van der Waals surface area contributed by atoms with E-state index in [1.54, 1.807) is 0 Å². The van der Waals surface area contributed by atoms with E-state index in [-0.39, 0.29) is 29.9 Å². The van der Waals surface area contributed by atoms with Crippen LogP contribution in [0, 0.1) is 16.0 Å². The predicted molar refractivity (Wildman–Crippen MR) is 62.4 cm³/mol. The van der Waals surface area contributed by atoms with Gasteiger partial charge in [0.2, 0.25) is 0 Å². The van der Waals surface area contributed by atoms with Gasteiger partial charge >= 0.3 is 5.88 Å². The van der Waals surface area contributed by atoms with Gasteiger partial charge in [-0.2, -0.15) is 0 Å². The van der Waals surface area contributed by atoms with Crippen LogP contribution in [0.3, 0.4) is 0 Å². The van der Waals surface area contributed by atoms with E-state index in [0.717, 1.165) is 12.5 Å². The molecule has 4 atom stereocenters. The average molecular weight is 267 g/mol. The van der Waals surface area contributed by atoms with Crippen LogP contribution >= 0.6 is 0 Å². The first-order chi connectivity index (χ1) is 9.08. The first-order valence-electron chi connectivity index (χ1n) is 6.00. The van der Waals surface area contributed by atoms with Gasteiger partial charge in [0, 0.05) is 18.6 Å². The van der Waals surface area contributed by atoms with Crippen molar-refractivity contribution in [2.24, 2.45) is 11.7 Å². The molecule has 3 rings (SSSR count). The topological polar surface area (TPSA) is 121 Å². The second kappa shape index (κ2) is 4.32. The highest BCUT2D eigenvalue weighted by atomic mass is 16.6. The molecule has 4 unspecified atom stereocenters. The molecule has 2 aliphatic rings. The zero-order valence-electron chi connectivity index (χ0n) is 9.94. The third-order valence-electron chi connectivity index (χ3n) is 3.74. The molecule has 0 radical (unpaired) electrons. The molecule has 1 saturated carbocycles. The number of nitrogens with two attached hydrogens (primary N) is 1. The summed E-state index contributed by atoms with van der Waals surface area (Å²) in [5.74, 6) is -0.780. The van der Waals surface area contributed by atoms with Crippen molar-refractivity contribution in [3.05, 3.63) is 28.0 Å². The minimum absolute atomic E-state index is 0.0519. The van der Waals surface area contributed by atoms with Gasteiger partial charge in [-0.05, 0) is 12.5 Å². The highest BCUT2D eigenvalue weighted by Gasteiger charge is 2.52. The van der Waals surface area contributed by atoms with Crippen LogP contribution < -0.4 is 11.1 Å². The highest BCUT2D eigenvalue weighted by molar-refractivity contribution is 5.92. The van der Waals surface area contributed by atoms with Gasteiger partial charge in [0.15, 0.2) is 5.76 Å². The van der Waals surface area contributed by atoms with E-state index < -0.39 is 16.7 Å². The molecule has 2 heterocycles. The van der Waals surface area contributed by atoms with Crippen molar-refractivity contribution < 1.29 is 18.9 Å². The quantitative estimate of drug-likeness (QED) is 0.588. The van der Waals surface area contributed by atoms with E-state index in [0.29, 0.717) is 6.61 Å². The number of furan rings is 1. The molecule has 3 N–H and O–H groups in total. The van der Waals surface area contributed by atoms with Crippen molar-refractivity contribution in [2.45, 2.75) is 24.6 Å². The Kier molecular flexibility index (Phi) is 2.76. The lowest BCUT2D eigenvalue weighted by Crippen LogP contribution is -2.68. The molecule has 0 aromatic carbocycles. The molecule has 1 aliphatic heterocycles. The maximum absolute atomic E-state index is 11.9. The van der Waals surface area contributed by atoms with Crippen molar-refractivity contribution >= 4 is 11.8 Å². The number of ether oxygens (including phenoxy) is 1. The smallest absolute Gasteiger partial charge is 0.395 e. The van der Waals surface area contributed by atoms with Crippen LogP contribution in [0.2, 0.25) is 0 Å². The fraction of sp³-hybridized carbons (Fsp3) is 0.545. The zero-order valence-corrected chi connectivity index (χ0v) is 9.94. The summed E-state index contributed by atoms with van der Waals surface area (Å²) in [5, 5.41) is 13.2. The van der Waals surface area contributed by atoms with Crippen molar-refractivity contribution in [3.63, 3.8) is 0 Å². The summed E-state index contributed by atoms with van der Waals surface area (Å²) >= 11 is 0. The van der Waals surface area contributed by atoms with Crippen molar-refractivity contribution in [1.29, 1.82) is 0 Å². The van der Waals surface area contributed by atoms with Gasteiger partial charge in [0.05, 0.1) is 18.2 Å². The lowest BCUT2D eigenvalue weighted by molar-refractivity contribution is -0.402. The normalized spacial score (nSPS) is 32.5. The molecule has 19 heavy (non-hydrogen) atoms. The van der Waals surface area contributed by atoms with E-state index >= 15 is 0 Å². The van der Waals surface area contributed by atoms with Crippen molar-refractivity contribution in [3.8, 4) is 0 Å². The molecule has 1 aromatic rings. The molecule has 102 valence electrons. The number of rotatable bonds is 3. The number of hydrogen-bond donors (Lipinski definition) is 2. The summed E-state index contributed by atoms with van der Waals surface area (Å²) in [7, 11) is 0. The average Bonchev–Trinajstić information content (AvgIpc) is 3.02. The fourth-order valence-electron chi connectivity index (χ4n) is 2.70. The summed E-state index contributed by atoms with van der Waals surface area (Å²) < 4.78 is 10.3. The summed E-state index contributed by atoms with van der Waals surface area (Å²) in [6, 6.07) is 2.01. The van der Waals surface area contributed by atoms with Crippen LogP contribution in [0.5, 0.6) is 0 Å². The number of nitrogens with one attached hydrogen (secondary N) is 1. The lowest BCUT2D eigenvalue weighted by Gasteiger charge is -2.45. The predicted octanol–water partition coefficient (Wildman–Crippen LogP) is 0.0322. The number of nitrogens with zero attached hydrogens (tertiary/aromatic N) is 1. The van der Waals surface area contributed by atoms with E-state index in [1.165, 1.54) is 6.07 Å². The van der Waals surface area contributed by atoms with Gasteiger partial charge in [0.25, 0.3) is 5.91 Å². The molecule has 1 saturated heterocycles. The molecule has 8 nitrogen and oxygen atoms in total. The second-order valence-electron chi connectivity index (χ2n) is 4.76. The first-order valence-corrected chi connectivity index (χ1v) is 6.00. The van der Waals surface area contributed by atoms with E-state index in [4.69, 9.17) is 14.9 Å². The Balaban J connectivity index is 1.66. The van der Waals surface area contributed by atoms with Crippen LogP contribution in [0.25, 0.3) is 0 Å². The van der Waals surface area contributed by atoms with Gasteiger partial charge in [-0.15, -0.1) is 0 Å². The molecular weight excluding hydrogens is 254 g/mol. The third kappa shape index (κ3) is 1.89. The number of carbonyl (C=O) groups excluding carboxylic acids is 1. The SMILES string of the molecule is NC1C2CCOC2C1NC(=O)c1ccc([N+](=O)[O-])o1. The molecule has 1 amide bonds. The molecule has 1 aromatic heterocycles. The number of amides is 1. The van der Waals surface area contributed by atoms with E-state index in [9.17, 15) is 14.9 Å². The Bertz CT molecular complexity index is 528. The standard InChI is InChI=1S/C11H13N3O5/c12-8-5-3-4-18-10(5)9(8)13-11(15)6-1-2-7(19-6)14(16)17/h1-2,5,8-10H,3-4,12H2,(H,13,15). The Labute approximate surface area is 108 Å². The Morgan fingerprint density at radius 3 is 3.00 bits per heavy atom. The lowest BCUT2D eigenvalue weighted by atomic mass is 9.72. The zero-order chi connectivity index (χ0) is 13.6. The monoisotopic (exact) mass is 267 g/mol. The molecule has 0 bridgehead atoms. The van der Waals surface area contributed by atoms with Crippen LogP contribution in [0.15, 0.2) is 16.5 Å². The second-order valence-corrected chi connectivity index (χ2v) is 4.76. The van der Waals surface area contributed by atoms with Crippen LogP contribution in [0.4, 0.5) is 5.88 Å². The minimum atomic E-state index is -0.692. The Morgan fingerprint density at radius 1 is 1.53 bits per heavy atom. The number of fused-ring (bicyclic) bond motifs is 1. The van der Waals surface area contributed by atoms with Crippen LogP contribution in [-0.4, -0.2) is 35.6 Å². The van der Waals surface area contributed by atoms with E-state index in [2.05, 4.69) is 5.32 Å². The molecule has 8 heteroatoms. The van der Waals surface area contributed by atoms with Gasteiger partial charge in [-0.25, -0.2) is 0 Å². The van der Waals surface area contributed by atoms with Crippen molar-refractivity contribution in [1.82, 2.24) is 5.32 Å².